The maximum Gasteiger partial charge on any atom is 0.221 e. The van der Waals surface area contributed by atoms with E-state index in [0.717, 1.165) is 26.1 Å². The molecule has 1 unspecified atom stereocenters. The lowest BCUT2D eigenvalue weighted by molar-refractivity contribution is -0.122. The number of hydrogen-bond acceptors (Lipinski definition) is 3. The molecule has 1 aliphatic rings. The number of nitrogens with one attached hydrogen (secondary N) is 2. The van der Waals surface area contributed by atoms with Crippen LogP contribution in [0, 0.1) is 0 Å². The zero-order valence-electron chi connectivity index (χ0n) is 11.3. The molecule has 2 N–H and O–H groups in total. The van der Waals surface area contributed by atoms with Crippen molar-refractivity contribution in [3.8, 4) is 0 Å². The maximum atomic E-state index is 11.5. The second-order valence-corrected chi connectivity index (χ2v) is 5.72. The smallest absolute Gasteiger partial charge is 0.221 e. The van der Waals surface area contributed by atoms with Crippen molar-refractivity contribution in [3.05, 3.63) is 0 Å². The molecule has 1 amide bonds. The minimum absolute atomic E-state index is 0.113. The van der Waals surface area contributed by atoms with Crippen LogP contribution in [-0.2, 0) is 9.53 Å². The summed E-state index contributed by atoms with van der Waals surface area (Å²) in [4.78, 5) is 11.5. The molecule has 0 aliphatic carbocycles. The van der Waals surface area contributed by atoms with Gasteiger partial charge in [-0.2, -0.15) is 0 Å². The molecular formula is C13H26N2O2. The summed E-state index contributed by atoms with van der Waals surface area (Å²) < 4.78 is 5.53. The lowest BCUT2D eigenvalue weighted by Gasteiger charge is -2.20. The van der Waals surface area contributed by atoms with Crippen molar-refractivity contribution in [2.75, 3.05) is 19.7 Å². The van der Waals surface area contributed by atoms with Crippen LogP contribution in [0.15, 0.2) is 0 Å². The number of ether oxygens (including phenoxy) is 1. The summed E-state index contributed by atoms with van der Waals surface area (Å²) in [7, 11) is 0. The molecule has 1 rings (SSSR count). The summed E-state index contributed by atoms with van der Waals surface area (Å²) in [6.07, 6.45) is 4.42. The Hall–Kier alpha value is -0.610. The molecule has 1 fully saturated rings. The third kappa shape index (κ3) is 7.34. The molecule has 0 radical (unpaired) electrons. The fourth-order valence-corrected chi connectivity index (χ4v) is 1.94. The third-order valence-corrected chi connectivity index (χ3v) is 2.71. The summed E-state index contributed by atoms with van der Waals surface area (Å²) >= 11 is 0. The van der Waals surface area contributed by atoms with Gasteiger partial charge in [0.15, 0.2) is 0 Å². The van der Waals surface area contributed by atoms with Gasteiger partial charge in [-0.05, 0) is 46.6 Å². The minimum atomic E-state index is -0.130. The highest BCUT2D eigenvalue weighted by Crippen LogP contribution is 2.14. The Balaban J connectivity index is 1.94. The van der Waals surface area contributed by atoms with Gasteiger partial charge in [-0.3, -0.25) is 4.79 Å². The molecule has 1 saturated heterocycles. The van der Waals surface area contributed by atoms with Crippen molar-refractivity contribution in [2.45, 2.75) is 58.1 Å². The second-order valence-electron chi connectivity index (χ2n) is 5.72. The molecule has 0 spiro atoms. The Kier molecular flexibility index (Phi) is 5.92. The summed E-state index contributed by atoms with van der Waals surface area (Å²) in [6.45, 7) is 8.59. The molecule has 100 valence electrons. The van der Waals surface area contributed by atoms with Gasteiger partial charge in [-0.1, -0.05) is 0 Å². The van der Waals surface area contributed by atoms with Crippen LogP contribution in [0.4, 0.5) is 0 Å². The number of carbonyl (C=O) groups excluding carboxylic acids is 1. The number of carbonyl (C=O) groups is 1. The van der Waals surface area contributed by atoms with E-state index in [1.165, 1.54) is 12.8 Å². The molecule has 0 saturated carbocycles. The van der Waals surface area contributed by atoms with Crippen LogP contribution >= 0.6 is 0 Å². The van der Waals surface area contributed by atoms with E-state index in [1.54, 1.807) is 0 Å². The van der Waals surface area contributed by atoms with E-state index in [4.69, 9.17) is 4.74 Å². The van der Waals surface area contributed by atoms with E-state index >= 15 is 0 Å². The van der Waals surface area contributed by atoms with Gasteiger partial charge in [-0.25, -0.2) is 0 Å². The summed E-state index contributed by atoms with van der Waals surface area (Å²) in [5, 5.41) is 6.24. The van der Waals surface area contributed by atoms with Crippen molar-refractivity contribution in [1.29, 1.82) is 0 Å². The van der Waals surface area contributed by atoms with Crippen molar-refractivity contribution in [1.82, 2.24) is 10.6 Å². The van der Waals surface area contributed by atoms with E-state index < -0.39 is 0 Å². The predicted molar refractivity (Wildman–Crippen MR) is 69.0 cm³/mol. The first kappa shape index (κ1) is 14.5. The van der Waals surface area contributed by atoms with Gasteiger partial charge in [0.05, 0.1) is 6.10 Å². The van der Waals surface area contributed by atoms with E-state index in [1.807, 2.05) is 20.8 Å². The Labute approximate surface area is 104 Å². The molecule has 0 aromatic rings. The van der Waals surface area contributed by atoms with Crippen molar-refractivity contribution < 1.29 is 9.53 Å². The van der Waals surface area contributed by atoms with Crippen LogP contribution in [0.2, 0.25) is 0 Å². The fraction of sp³-hybridized carbons (Fsp3) is 0.923. The predicted octanol–water partition coefficient (Wildman–Crippen LogP) is 1.45. The van der Waals surface area contributed by atoms with Gasteiger partial charge in [0.2, 0.25) is 5.91 Å². The lowest BCUT2D eigenvalue weighted by atomic mass is 10.1. The average Bonchev–Trinajstić information content (AvgIpc) is 2.67. The van der Waals surface area contributed by atoms with Crippen molar-refractivity contribution >= 4 is 5.91 Å². The quantitative estimate of drug-likeness (QED) is 0.693. The number of amides is 1. The highest BCUT2D eigenvalue weighted by molar-refractivity contribution is 5.76. The highest BCUT2D eigenvalue weighted by atomic mass is 16.5. The normalized spacial score (nSPS) is 20.5. The third-order valence-electron chi connectivity index (χ3n) is 2.71. The van der Waals surface area contributed by atoms with Crippen LogP contribution < -0.4 is 10.6 Å². The average molecular weight is 242 g/mol. The highest BCUT2D eigenvalue weighted by Gasteiger charge is 2.15. The van der Waals surface area contributed by atoms with Gasteiger partial charge < -0.3 is 15.4 Å². The van der Waals surface area contributed by atoms with Crippen molar-refractivity contribution in [2.24, 2.45) is 0 Å². The minimum Gasteiger partial charge on any atom is -0.378 e. The van der Waals surface area contributed by atoms with Crippen LogP contribution in [0.25, 0.3) is 0 Å². The molecule has 4 heteroatoms. The Morgan fingerprint density at radius 3 is 2.71 bits per heavy atom. The topological polar surface area (TPSA) is 50.4 Å². The van der Waals surface area contributed by atoms with Crippen LogP contribution in [0.3, 0.4) is 0 Å². The first-order chi connectivity index (χ1) is 7.97. The van der Waals surface area contributed by atoms with Gasteiger partial charge in [0, 0.05) is 25.1 Å². The first-order valence-electron chi connectivity index (χ1n) is 6.61. The molecule has 0 aromatic heterocycles. The summed E-state index contributed by atoms with van der Waals surface area (Å²) in [6, 6.07) is 0. The zero-order valence-corrected chi connectivity index (χ0v) is 11.3. The molecule has 1 heterocycles. The largest absolute Gasteiger partial charge is 0.378 e. The molecule has 1 atom stereocenters. The molecule has 0 aromatic carbocycles. The van der Waals surface area contributed by atoms with E-state index in [9.17, 15) is 4.79 Å². The van der Waals surface area contributed by atoms with Gasteiger partial charge in [0.25, 0.3) is 0 Å². The van der Waals surface area contributed by atoms with Crippen LogP contribution in [0.5, 0.6) is 0 Å². The van der Waals surface area contributed by atoms with Gasteiger partial charge in [-0.15, -0.1) is 0 Å². The van der Waals surface area contributed by atoms with E-state index in [2.05, 4.69) is 10.6 Å². The summed E-state index contributed by atoms with van der Waals surface area (Å²) in [5.41, 5.74) is -0.130. The standard InChI is InChI=1S/C13H26N2O2/c1-13(2,3)15-12(16)7-9-14-8-6-11-5-4-10-17-11/h11,14H,4-10H2,1-3H3,(H,15,16). The van der Waals surface area contributed by atoms with Gasteiger partial charge in [0.1, 0.15) is 0 Å². The molecule has 1 aliphatic heterocycles. The molecular weight excluding hydrogens is 216 g/mol. The monoisotopic (exact) mass is 242 g/mol. The number of rotatable bonds is 6. The van der Waals surface area contributed by atoms with Crippen molar-refractivity contribution in [3.63, 3.8) is 0 Å². The molecule has 4 nitrogen and oxygen atoms in total. The number of hydrogen-bond donors (Lipinski definition) is 2. The lowest BCUT2D eigenvalue weighted by Crippen LogP contribution is -2.41. The van der Waals surface area contributed by atoms with Crippen LogP contribution in [-0.4, -0.2) is 37.2 Å². The summed E-state index contributed by atoms with van der Waals surface area (Å²) in [5.74, 6) is 0.113. The maximum absolute atomic E-state index is 11.5. The second kappa shape index (κ2) is 6.97. The Bertz CT molecular complexity index is 230. The van der Waals surface area contributed by atoms with Crippen LogP contribution in [0.1, 0.15) is 46.5 Å². The zero-order chi connectivity index (χ0) is 12.7. The molecule has 0 bridgehead atoms. The SMILES string of the molecule is CC(C)(C)NC(=O)CCNCCC1CCCO1. The van der Waals surface area contributed by atoms with E-state index in [-0.39, 0.29) is 11.4 Å². The molecule has 17 heavy (non-hydrogen) atoms. The van der Waals surface area contributed by atoms with Gasteiger partial charge >= 0.3 is 0 Å². The Morgan fingerprint density at radius 1 is 1.35 bits per heavy atom. The fourth-order valence-electron chi connectivity index (χ4n) is 1.94. The Morgan fingerprint density at radius 2 is 2.12 bits per heavy atom. The van der Waals surface area contributed by atoms with E-state index in [0.29, 0.717) is 12.5 Å². The first-order valence-corrected chi connectivity index (χ1v) is 6.61.